The fourth-order valence-corrected chi connectivity index (χ4v) is 3.41. The Labute approximate surface area is 144 Å². The van der Waals surface area contributed by atoms with Gasteiger partial charge in [-0.2, -0.15) is 0 Å². The predicted octanol–water partition coefficient (Wildman–Crippen LogP) is 2.95. The van der Waals surface area contributed by atoms with Crippen molar-refractivity contribution in [3.8, 4) is 0 Å². The van der Waals surface area contributed by atoms with Crippen molar-refractivity contribution >= 4 is 17.8 Å². The summed E-state index contributed by atoms with van der Waals surface area (Å²) in [5, 5.41) is 0. The van der Waals surface area contributed by atoms with E-state index in [1.165, 1.54) is 17.1 Å². The average molecular weight is 333 g/mol. The fraction of sp³-hybridized carbons (Fsp3) is 0.150. The van der Waals surface area contributed by atoms with Crippen LogP contribution in [0.5, 0.6) is 0 Å². The molecule has 5 heteroatoms. The minimum Gasteiger partial charge on any atom is -0.454 e. The second kappa shape index (κ2) is 6.02. The zero-order valence-electron chi connectivity index (χ0n) is 13.3. The van der Waals surface area contributed by atoms with Crippen LogP contribution in [0.25, 0.3) is 0 Å². The zero-order valence-corrected chi connectivity index (χ0v) is 13.3. The van der Waals surface area contributed by atoms with Gasteiger partial charge in [-0.1, -0.05) is 42.5 Å². The van der Waals surface area contributed by atoms with Gasteiger partial charge < -0.3 is 4.74 Å². The van der Waals surface area contributed by atoms with Gasteiger partial charge in [0.15, 0.2) is 0 Å². The first-order valence-electron chi connectivity index (χ1n) is 8.05. The molecule has 0 N–H and O–H groups in total. The van der Waals surface area contributed by atoms with E-state index in [1.54, 1.807) is 24.3 Å². The van der Waals surface area contributed by atoms with Gasteiger partial charge in [-0.05, 0) is 23.3 Å². The van der Waals surface area contributed by atoms with Gasteiger partial charge >= 0.3 is 5.97 Å². The van der Waals surface area contributed by atoms with Gasteiger partial charge in [0.2, 0.25) is 0 Å². The molecule has 25 heavy (non-hydrogen) atoms. The third-order valence-corrected chi connectivity index (χ3v) is 4.55. The number of fused-ring (bicyclic) bond motifs is 1. The highest BCUT2D eigenvalue weighted by Crippen LogP contribution is 2.45. The van der Waals surface area contributed by atoms with Crippen LogP contribution in [0.4, 0.5) is 0 Å². The largest absolute Gasteiger partial charge is 0.454 e. The topological polar surface area (TPSA) is 63.7 Å². The van der Waals surface area contributed by atoms with Crippen molar-refractivity contribution in [2.24, 2.45) is 0 Å². The summed E-state index contributed by atoms with van der Waals surface area (Å²) in [5.41, 5.74) is 2.15. The van der Waals surface area contributed by atoms with Crippen LogP contribution in [0.2, 0.25) is 0 Å². The van der Waals surface area contributed by atoms with E-state index in [-0.39, 0.29) is 11.8 Å². The van der Waals surface area contributed by atoms with Crippen LogP contribution in [0.15, 0.2) is 66.7 Å². The fourth-order valence-electron chi connectivity index (χ4n) is 3.41. The average Bonchev–Trinajstić information content (AvgIpc) is 3.16. The molecule has 0 aromatic heterocycles. The predicted molar refractivity (Wildman–Crippen MR) is 89.4 cm³/mol. The molecule has 2 atom stereocenters. The van der Waals surface area contributed by atoms with Gasteiger partial charge in [0.05, 0.1) is 11.6 Å². The van der Waals surface area contributed by atoms with Crippen molar-refractivity contribution in [3.63, 3.8) is 0 Å². The van der Waals surface area contributed by atoms with Gasteiger partial charge in [-0.25, -0.2) is 4.79 Å². The van der Waals surface area contributed by atoms with Gasteiger partial charge in [0.1, 0.15) is 6.10 Å². The molecule has 2 aromatic carbocycles. The van der Waals surface area contributed by atoms with Crippen LogP contribution in [0.3, 0.4) is 0 Å². The van der Waals surface area contributed by atoms with E-state index < -0.39 is 18.1 Å². The van der Waals surface area contributed by atoms with Crippen molar-refractivity contribution < 1.29 is 19.1 Å². The number of ether oxygens (including phenoxy) is 1. The maximum absolute atomic E-state index is 12.4. The summed E-state index contributed by atoms with van der Waals surface area (Å²) in [5.74, 6) is -1.09. The Hall–Kier alpha value is -3.21. The van der Waals surface area contributed by atoms with E-state index in [0.717, 1.165) is 11.1 Å². The van der Waals surface area contributed by atoms with Crippen LogP contribution in [-0.2, 0) is 14.3 Å². The lowest BCUT2D eigenvalue weighted by molar-refractivity contribution is -0.139. The van der Waals surface area contributed by atoms with Crippen molar-refractivity contribution in [1.29, 1.82) is 0 Å². The Morgan fingerprint density at radius 3 is 2.16 bits per heavy atom. The molecule has 124 valence electrons. The minimum atomic E-state index is -0.491. The molecule has 1 heterocycles. The molecule has 0 fully saturated rings. The van der Waals surface area contributed by atoms with Gasteiger partial charge in [0.25, 0.3) is 11.8 Å². The molecule has 0 saturated carbocycles. The number of rotatable bonds is 3. The second-order valence-corrected chi connectivity index (χ2v) is 6.02. The molecule has 2 aliphatic rings. The van der Waals surface area contributed by atoms with E-state index in [1.807, 2.05) is 30.3 Å². The van der Waals surface area contributed by atoms with E-state index in [4.69, 9.17) is 4.74 Å². The third-order valence-electron chi connectivity index (χ3n) is 4.55. The van der Waals surface area contributed by atoms with Crippen LogP contribution in [0, 0.1) is 0 Å². The van der Waals surface area contributed by atoms with E-state index in [0.29, 0.717) is 12.0 Å². The zero-order chi connectivity index (χ0) is 17.4. The Kier molecular flexibility index (Phi) is 3.69. The minimum absolute atomic E-state index is 0.333. The maximum Gasteiger partial charge on any atom is 0.338 e. The SMILES string of the molecule is O=C(O[C@H]1C[C@H](N2C(=O)C=CC2=O)c2ccccc21)c1ccccc1. The lowest BCUT2D eigenvalue weighted by Crippen LogP contribution is -2.33. The molecule has 2 aromatic rings. The lowest BCUT2D eigenvalue weighted by Gasteiger charge is -2.23. The molecule has 0 bridgehead atoms. The monoisotopic (exact) mass is 333 g/mol. The maximum atomic E-state index is 12.4. The number of benzene rings is 2. The molecule has 1 aliphatic carbocycles. The summed E-state index contributed by atoms with van der Waals surface area (Å²) < 4.78 is 5.68. The molecule has 5 nitrogen and oxygen atoms in total. The third kappa shape index (κ3) is 2.63. The number of carbonyl (C=O) groups is 3. The number of carbonyl (C=O) groups excluding carboxylic acids is 3. The first kappa shape index (κ1) is 15.3. The lowest BCUT2D eigenvalue weighted by atomic mass is 10.1. The Morgan fingerprint density at radius 1 is 0.880 bits per heavy atom. The summed E-state index contributed by atoms with van der Waals surface area (Å²) in [4.78, 5) is 37.7. The number of hydrogen-bond acceptors (Lipinski definition) is 4. The van der Waals surface area contributed by atoms with Crippen LogP contribution in [0.1, 0.15) is 40.1 Å². The van der Waals surface area contributed by atoms with Gasteiger partial charge in [0, 0.05) is 18.6 Å². The number of imide groups is 1. The number of hydrogen-bond donors (Lipinski definition) is 0. The quantitative estimate of drug-likeness (QED) is 0.640. The highest BCUT2D eigenvalue weighted by molar-refractivity contribution is 6.13. The van der Waals surface area contributed by atoms with E-state index in [2.05, 4.69) is 0 Å². The molecule has 2 amide bonds. The van der Waals surface area contributed by atoms with E-state index >= 15 is 0 Å². The first-order valence-corrected chi connectivity index (χ1v) is 8.05. The number of esters is 1. The standard InChI is InChI=1S/C20H15NO4/c22-18-10-11-19(23)21(18)16-12-17(15-9-5-4-8-14(15)16)25-20(24)13-6-2-1-3-7-13/h1-11,16-17H,12H2/t16-,17-/m0/s1. The van der Waals surface area contributed by atoms with Crippen molar-refractivity contribution in [3.05, 3.63) is 83.4 Å². The molecule has 1 aliphatic heterocycles. The van der Waals surface area contributed by atoms with E-state index in [9.17, 15) is 14.4 Å². The molecule has 0 spiro atoms. The summed E-state index contributed by atoms with van der Waals surface area (Å²) in [7, 11) is 0. The van der Waals surface area contributed by atoms with Gasteiger partial charge in [-0.3, -0.25) is 14.5 Å². The Bertz CT molecular complexity index is 870. The summed E-state index contributed by atoms with van der Waals surface area (Å²) in [6.45, 7) is 0. The normalized spacial score (nSPS) is 21.5. The second-order valence-electron chi connectivity index (χ2n) is 6.02. The summed E-state index contributed by atoms with van der Waals surface area (Å²) in [6.07, 6.45) is 2.43. The van der Waals surface area contributed by atoms with Crippen LogP contribution >= 0.6 is 0 Å². The smallest absolute Gasteiger partial charge is 0.338 e. The highest BCUT2D eigenvalue weighted by Gasteiger charge is 2.41. The molecule has 0 unspecified atom stereocenters. The highest BCUT2D eigenvalue weighted by atomic mass is 16.5. The van der Waals surface area contributed by atoms with Crippen molar-refractivity contribution in [2.75, 3.05) is 0 Å². The number of nitrogens with zero attached hydrogens (tertiary/aromatic N) is 1. The Morgan fingerprint density at radius 2 is 1.48 bits per heavy atom. The molecule has 4 rings (SSSR count). The Balaban J connectivity index is 1.62. The van der Waals surface area contributed by atoms with Crippen LogP contribution in [-0.4, -0.2) is 22.7 Å². The molecule has 0 saturated heterocycles. The first-order chi connectivity index (χ1) is 12.1. The number of amides is 2. The summed E-state index contributed by atoms with van der Waals surface area (Å²) in [6, 6.07) is 15.8. The molecular formula is C20H15NO4. The van der Waals surface area contributed by atoms with Crippen LogP contribution < -0.4 is 0 Å². The van der Waals surface area contributed by atoms with Gasteiger partial charge in [-0.15, -0.1) is 0 Å². The molecular weight excluding hydrogens is 318 g/mol. The summed E-state index contributed by atoms with van der Waals surface area (Å²) >= 11 is 0. The van der Waals surface area contributed by atoms with Crippen molar-refractivity contribution in [1.82, 2.24) is 4.90 Å². The molecule has 0 radical (unpaired) electrons. The van der Waals surface area contributed by atoms with Crippen molar-refractivity contribution in [2.45, 2.75) is 18.6 Å².